The number of carbonyl (C=O) groups excluding carboxylic acids is 2. The first-order chi connectivity index (χ1) is 12.5. The number of rotatable bonds is 11. The van der Waals surface area contributed by atoms with Gasteiger partial charge in [-0.3, -0.25) is 9.59 Å². The molecular formula is C20H27NO5. The molecule has 0 atom stereocenters. The van der Waals surface area contributed by atoms with Gasteiger partial charge in [-0.2, -0.15) is 5.26 Å². The highest BCUT2D eigenvalue weighted by Crippen LogP contribution is 2.33. The van der Waals surface area contributed by atoms with Crippen molar-refractivity contribution < 1.29 is 24.2 Å². The molecule has 6 heteroatoms. The number of carbonyl (C=O) groups is 2. The van der Waals surface area contributed by atoms with Gasteiger partial charge in [0.2, 0.25) is 0 Å². The van der Waals surface area contributed by atoms with Crippen molar-refractivity contribution >= 4 is 11.9 Å². The van der Waals surface area contributed by atoms with Crippen molar-refractivity contribution in [2.75, 3.05) is 13.2 Å². The van der Waals surface area contributed by atoms with Crippen LogP contribution in [-0.2, 0) is 24.5 Å². The summed E-state index contributed by atoms with van der Waals surface area (Å²) in [7, 11) is 0. The second-order valence-corrected chi connectivity index (χ2v) is 6.24. The maximum atomic E-state index is 12.2. The van der Waals surface area contributed by atoms with E-state index >= 15 is 0 Å². The molecule has 0 radical (unpaired) electrons. The number of ether oxygens (including phenoxy) is 2. The standard InChI is InChI=1S/C20H27NO5/c1-3-5-11-25-18(23)13-20(15-21,14-19(24)26-12-6-4-2)16-7-9-17(22)10-8-16/h7-10,22H,3-6,11-14H2,1-2H3. The monoisotopic (exact) mass is 361 g/mol. The van der Waals surface area contributed by atoms with E-state index in [-0.39, 0.29) is 31.8 Å². The third-order valence-corrected chi connectivity index (χ3v) is 4.05. The molecule has 0 bridgehead atoms. The number of phenols is 1. The minimum absolute atomic E-state index is 0.0386. The van der Waals surface area contributed by atoms with Crippen molar-refractivity contribution in [2.45, 2.75) is 57.8 Å². The van der Waals surface area contributed by atoms with Crippen LogP contribution in [-0.4, -0.2) is 30.3 Å². The predicted octanol–water partition coefficient (Wildman–Crippen LogP) is 3.62. The molecule has 26 heavy (non-hydrogen) atoms. The van der Waals surface area contributed by atoms with Crippen LogP contribution in [0.5, 0.6) is 5.75 Å². The van der Waals surface area contributed by atoms with Gasteiger partial charge >= 0.3 is 11.9 Å². The first-order valence-electron chi connectivity index (χ1n) is 8.99. The number of hydrogen-bond acceptors (Lipinski definition) is 6. The van der Waals surface area contributed by atoms with E-state index in [9.17, 15) is 20.0 Å². The Morgan fingerprint density at radius 1 is 1.00 bits per heavy atom. The van der Waals surface area contributed by atoms with Crippen molar-refractivity contribution in [3.05, 3.63) is 29.8 Å². The SMILES string of the molecule is CCCCOC(=O)CC(C#N)(CC(=O)OCCCC)c1ccc(O)cc1. The lowest BCUT2D eigenvalue weighted by Gasteiger charge is -2.25. The highest BCUT2D eigenvalue weighted by atomic mass is 16.5. The number of aromatic hydroxyl groups is 1. The van der Waals surface area contributed by atoms with Crippen LogP contribution in [0.4, 0.5) is 0 Å². The van der Waals surface area contributed by atoms with E-state index in [1.54, 1.807) is 0 Å². The molecule has 0 unspecified atom stereocenters. The largest absolute Gasteiger partial charge is 0.508 e. The Morgan fingerprint density at radius 3 is 1.85 bits per heavy atom. The minimum Gasteiger partial charge on any atom is -0.508 e. The van der Waals surface area contributed by atoms with Crippen LogP contribution in [0.15, 0.2) is 24.3 Å². The van der Waals surface area contributed by atoms with Crippen LogP contribution in [0, 0.1) is 11.3 Å². The van der Waals surface area contributed by atoms with Gasteiger partial charge in [0.05, 0.1) is 32.1 Å². The maximum Gasteiger partial charge on any atom is 0.307 e. The summed E-state index contributed by atoms with van der Waals surface area (Å²) in [5.41, 5.74) is -0.919. The Hall–Kier alpha value is -2.55. The molecular weight excluding hydrogens is 334 g/mol. The molecule has 0 amide bonds. The van der Waals surface area contributed by atoms with Gasteiger partial charge in [-0.15, -0.1) is 0 Å². The van der Waals surface area contributed by atoms with Gasteiger partial charge in [-0.1, -0.05) is 38.8 Å². The molecule has 0 saturated heterocycles. The van der Waals surface area contributed by atoms with Gasteiger partial charge in [-0.05, 0) is 30.5 Å². The Labute approximate surface area is 154 Å². The first-order valence-corrected chi connectivity index (χ1v) is 8.99. The van der Waals surface area contributed by atoms with Gasteiger partial charge in [0.15, 0.2) is 0 Å². The van der Waals surface area contributed by atoms with Crippen LogP contribution in [0.1, 0.15) is 57.9 Å². The molecule has 0 heterocycles. The second-order valence-electron chi connectivity index (χ2n) is 6.24. The first kappa shape index (κ1) is 21.5. The minimum atomic E-state index is -1.39. The zero-order valence-corrected chi connectivity index (χ0v) is 15.5. The Bertz CT molecular complexity index is 594. The number of benzene rings is 1. The van der Waals surface area contributed by atoms with E-state index in [2.05, 4.69) is 6.07 Å². The quantitative estimate of drug-likeness (QED) is 0.477. The molecule has 0 aromatic heterocycles. The fourth-order valence-corrected chi connectivity index (χ4v) is 2.45. The van der Waals surface area contributed by atoms with Crippen LogP contribution >= 0.6 is 0 Å². The molecule has 1 aromatic carbocycles. The van der Waals surface area contributed by atoms with E-state index in [1.807, 2.05) is 13.8 Å². The molecule has 1 rings (SSSR count). The normalized spacial score (nSPS) is 10.8. The molecule has 0 aliphatic rings. The van der Waals surface area contributed by atoms with Gasteiger partial charge < -0.3 is 14.6 Å². The van der Waals surface area contributed by atoms with Crippen molar-refractivity contribution in [1.82, 2.24) is 0 Å². The summed E-state index contributed by atoms with van der Waals surface area (Å²) in [6, 6.07) is 8.03. The fourth-order valence-electron chi connectivity index (χ4n) is 2.45. The smallest absolute Gasteiger partial charge is 0.307 e. The van der Waals surface area contributed by atoms with Crippen molar-refractivity contribution in [2.24, 2.45) is 0 Å². The van der Waals surface area contributed by atoms with Crippen LogP contribution in [0.3, 0.4) is 0 Å². The van der Waals surface area contributed by atoms with Gasteiger partial charge in [0, 0.05) is 0 Å². The molecule has 1 aromatic rings. The molecule has 0 aliphatic carbocycles. The Kier molecular flexibility index (Phi) is 9.21. The number of esters is 2. The van der Waals surface area contributed by atoms with Crippen molar-refractivity contribution in [3.8, 4) is 11.8 Å². The van der Waals surface area contributed by atoms with E-state index < -0.39 is 17.4 Å². The van der Waals surface area contributed by atoms with Crippen LogP contribution in [0.2, 0.25) is 0 Å². The topological polar surface area (TPSA) is 96.6 Å². The zero-order valence-electron chi connectivity index (χ0n) is 15.5. The Morgan fingerprint density at radius 2 is 1.46 bits per heavy atom. The number of unbranched alkanes of at least 4 members (excludes halogenated alkanes) is 2. The lowest BCUT2D eigenvalue weighted by molar-refractivity contribution is -0.147. The molecule has 0 aliphatic heterocycles. The molecule has 142 valence electrons. The number of hydrogen-bond donors (Lipinski definition) is 1. The molecule has 6 nitrogen and oxygen atoms in total. The molecule has 0 saturated carbocycles. The van der Waals surface area contributed by atoms with Gasteiger partial charge in [-0.25, -0.2) is 0 Å². The number of phenolic OH excluding ortho intramolecular Hbond substituents is 1. The van der Waals surface area contributed by atoms with Crippen molar-refractivity contribution in [3.63, 3.8) is 0 Å². The molecule has 0 fully saturated rings. The Balaban J connectivity index is 2.98. The highest BCUT2D eigenvalue weighted by molar-refractivity contribution is 5.77. The van der Waals surface area contributed by atoms with Crippen LogP contribution < -0.4 is 0 Å². The van der Waals surface area contributed by atoms with Crippen molar-refractivity contribution in [1.29, 1.82) is 5.26 Å². The van der Waals surface area contributed by atoms with E-state index in [0.29, 0.717) is 5.56 Å². The summed E-state index contributed by atoms with van der Waals surface area (Å²) in [4.78, 5) is 24.4. The van der Waals surface area contributed by atoms with Gasteiger partial charge in [0.25, 0.3) is 0 Å². The lowest BCUT2D eigenvalue weighted by atomic mass is 9.76. The summed E-state index contributed by atoms with van der Waals surface area (Å²) >= 11 is 0. The molecule has 0 spiro atoms. The summed E-state index contributed by atoms with van der Waals surface area (Å²) in [5, 5.41) is 19.3. The number of nitrogens with zero attached hydrogens (tertiary/aromatic N) is 1. The fraction of sp³-hybridized carbons (Fsp3) is 0.550. The zero-order chi connectivity index (χ0) is 19.4. The summed E-state index contributed by atoms with van der Waals surface area (Å²) in [6.45, 7) is 4.53. The average molecular weight is 361 g/mol. The predicted molar refractivity (Wildman–Crippen MR) is 96.4 cm³/mol. The summed E-state index contributed by atoms with van der Waals surface area (Å²) < 4.78 is 10.3. The van der Waals surface area contributed by atoms with Gasteiger partial charge in [0.1, 0.15) is 11.2 Å². The third-order valence-electron chi connectivity index (χ3n) is 4.05. The summed E-state index contributed by atoms with van der Waals surface area (Å²) in [6.07, 6.45) is 2.76. The lowest BCUT2D eigenvalue weighted by Crippen LogP contribution is -2.32. The summed E-state index contributed by atoms with van der Waals surface area (Å²) in [5.74, 6) is -1.03. The highest BCUT2D eigenvalue weighted by Gasteiger charge is 2.39. The third kappa shape index (κ3) is 6.75. The maximum absolute atomic E-state index is 12.2. The van der Waals surface area contributed by atoms with E-state index in [1.165, 1.54) is 24.3 Å². The van der Waals surface area contributed by atoms with Crippen LogP contribution in [0.25, 0.3) is 0 Å². The average Bonchev–Trinajstić information content (AvgIpc) is 2.62. The van der Waals surface area contributed by atoms with E-state index in [0.717, 1.165) is 25.7 Å². The van der Waals surface area contributed by atoms with E-state index in [4.69, 9.17) is 9.47 Å². The second kappa shape index (κ2) is 11.1. The molecule has 1 N–H and O–H groups in total. The number of nitriles is 1.